The molecule has 2 rings (SSSR count). The van der Waals surface area contributed by atoms with E-state index in [1.165, 1.54) is 6.92 Å². The Morgan fingerprint density at radius 3 is 2.47 bits per heavy atom. The lowest BCUT2D eigenvalue weighted by Crippen LogP contribution is -1.89. The number of Topliss-reactive ketones (excluding diaryl/α,β-unsaturated/α-hetero) is 1. The summed E-state index contributed by atoms with van der Waals surface area (Å²) in [6.45, 7) is 8.40. The predicted octanol–water partition coefficient (Wildman–Crippen LogP) is 4.20. The van der Waals surface area contributed by atoms with E-state index in [4.69, 9.17) is 6.57 Å². The highest BCUT2D eigenvalue weighted by atomic mass is 79.9. The molecule has 1 N–H and O–H groups in total. The van der Waals surface area contributed by atoms with Crippen molar-refractivity contribution in [2.75, 3.05) is 0 Å². The van der Waals surface area contributed by atoms with Crippen LogP contribution in [0.5, 0.6) is 0 Å². The van der Waals surface area contributed by atoms with Gasteiger partial charge in [-0.2, -0.15) is 0 Å². The van der Waals surface area contributed by atoms with Crippen molar-refractivity contribution in [1.82, 2.24) is 4.98 Å². The van der Waals surface area contributed by atoms with Crippen LogP contribution in [0.4, 0.5) is 5.69 Å². The normalized spacial score (nSPS) is 9.94. The molecule has 0 bridgehead atoms. The third kappa shape index (κ3) is 2.29. The number of H-pyrrole nitrogens is 1. The molecule has 0 saturated heterocycles. The Morgan fingerprint density at radius 2 is 2.00 bits per heavy atom. The second-order valence-electron chi connectivity index (χ2n) is 3.63. The highest BCUT2D eigenvalue weighted by molar-refractivity contribution is 9.10. The standard InChI is InChI=1S/C13H9BrN2O/c1-8(17)12-7-11(13(14)16-12)9-3-5-10(15-2)6-4-9/h3-7,16H,1H3. The molecule has 17 heavy (non-hydrogen) atoms. The van der Waals surface area contributed by atoms with Crippen molar-refractivity contribution in [2.24, 2.45) is 0 Å². The fourth-order valence-electron chi connectivity index (χ4n) is 1.54. The van der Waals surface area contributed by atoms with Crippen LogP contribution in [0.15, 0.2) is 34.9 Å². The number of nitrogens with one attached hydrogen (secondary N) is 1. The molecular weight excluding hydrogens is 280 g/mol. The lowest BCUT2D eigenvalue weighted by molar-refractivity contribution is 0.101. The van der Waals surface area contributed by atoms with Crippen LogP contribution in [0.3, 0.4) is 0 Å². The lowest BCUT2D eigenvalue weighted by Gasteiger charge is -1.98. The molecule has 0 unspecified atom stereocenters. The minimum Gasteiger partial charge on any atom is -0.346 e. The van der Waals surface area contributed by atoms with Gasteiger partial charge < -0.3 is 4.98 Å². The van der Waals surface area contributed by atoms with E-state index in [0.717, 1.165) is 15.7 Å². The fraction of sp³-hybridized carbons (Fsp3) is 0.0769. The van der Waals surface area contributed by atoms with Crippen molar-refractivity contribution in [2.45, 2.75) is 6.92 Å². The summed E-state index contributed by atoms with van der Waals surface area (Å²) in [5.41, 5.74) is 3.06. The lowest BCUT2D eigenvalue weighted by atomic mass is 10.1. The maximum atomic E-state index is 11.3. The van der Waals surface area contributed by atoms with Gasteiger partial charge >= 0.3 is 0 Å². The summed E-state index contributed by atoms with van der Waals surface area (Å²) in [6.07, 6.45) is 0. The van der Waals surface area contributed by atoms with E-state index in [9.17, 15) is 4.79 Å². The molecule has 1 heterocycles. The van der Waals surface area contributed by atoms with E-state index < -0.39 is 0 Å². The Morgan fingerprint density at radius 1 is 1.35 bits per heavy atom. The van der Waals surface area contributed by atoms with E-state index in [2.05, 4.69) is 25.8 Å². The summed E-state index contributed by atoms with van der Waals surface area (Å²) in [5, 5.41) is 0. The van der Waals surface area contributed by atoms with Gasteiger partial charge in [0, 0.05) is 12.5 Å². The molecule has 0 aliphatic heterocycles. The van der Waals surface area contributed by atoms with Crippen molar-refractivity contribution >= 4 is 27.4 Å². The maximum absolute atomic E-state index is 11.3. The van der Waals surface area contributed by atoms with E-state index in [1.54, 1.807) is 18.2 Å². The van der Waals surface area contributed by atoms with E-state index in [1.807, 2.05) is 12.1 Å². The second-order valence-corrected chi connectivity index (χ2v) is 4.42. The van der Waals surface area contributed by atoms with Gasteiger partial charge in [0.1, 0.15) is 0 Å². The molecular formula is C13H9BrN2O. The summed E-state index contributed by atoms with van der Waals surface area (Å²) in [4.78, 5) is 17.6. The molecule has 0 aliphatic rings. The molecule has 0 radical (unpaired) electrons. The first-order valence-electron chi connectivity index (χ1n) is 4.99. The largest absolute Gasteiger partial charge is 0.346 e. The second kappa shape index (κ2) is 4.56. The van der Waals surface area contributed by atoms with Gasteiger partial charge in [-0.05, 0) is 27.6 Å². The number of hydrogen-bond donors (Lipinski definition) is 1. The van der Waals surface area contributed by atoms with Crippen LogP contribution in [-0.2, 0) is 0 Å². The monoisotopic (exact) mass is 288 g/mol. The van der Waals surface area contributed by atoms with Gasteiger partial charge in [0.05, 0.1) is 16.9 Å². The number of carbonyl (C=O) groups is 1. The van der Waals surface area contributed by atoms with E-state index in [-0.39, 0.29) is 5.78 Å². The Balaban J connectivity index is 2.46. The molecule has 0 amide bonds. The molecule has 4 heteroatoms. The molecule has 0 fully saturated rings. The molecule has 1 aromatic carbocycles. The van der Waals surface area contributed by atoms with Crippen molar-refractivity contribution in [3.63, 3.8) is 0 Å². The van der Waals surface area contributed by atoms with Crippen LogP contribution in [0.1, 0.15) is 17.4 Å². The van der Waals surface area contributed by atoms with Crippen molar-refractivity contribution in [1.29, 1.82) is 0 Å². The maximum Gasteiger partial charge on any atom is 0.187 e. The number of nitrogens with zero attached hydrogens (tertiary/aromatic N) is 1. The molecule has 2 aromatic rings. The Kier molecular flexibility index (Phi) is 3.12. The van der Waals surface area contributed by atoms with Gasteiger partial charge in [0.25, 0.3) is 0 Å². The van der Waals surface area contributed by atoms with E-state index >= 15 is 0 Å². The third-order valence-electron chi connectivity index (χ3n) is 2.46. The first kappa shape index (κ1) is 11.6. The predicted molar refractivity (Wildman–Crippen MR) is 70.2 cm³/mol. The zero-order chi connectivity index (χ0) is 12.4. The summed E-state index contributed by atoms with van der Waals surface area (Å²) in [6, 6.07) is 9.06. The third-order valence-corrected chi connectivity index (χ3v) is 3.08. The van der Waals surface area contributed by atoms with Gasteiger partial charge in [0.15, 0.2) is 11.5 Å². The highest BCUT2D eigenvalue weighted by Crippen LogP contribution is 2.30. The number of aromatic amines is 1. The Bertz CT molecular complexity index is 605. The summed E-state index contributed by atoms with van der Waals surface area (Å²) in [7, 11) is 0. The van der Waals surface area contributed by atoms with E-state index in [0.29, 0.717) is 11.4 Å². The molecule has 0 saturated carbocycles. The highest BCUT2D eigenvalue weighted by Gasteiger charge is 2.10. The number of carbonyl (C=O) groups excluding carboxylic acids is 1. The number of benzene rings is 1. The zero-order valence-corrected chi connectivity index (χ0v) is 10.7. The summed E-state index contributed by atoms with van der Waals surface area (Å²) in [5.74, 6) is -0.00488. The quantitative estimate of drug-likeness (QED) is 0.653. The van der Waals surface area contributed by atoms with Gasteiger partial charge in [-0.1, -0.05) is 24.3 Å². The molecule has 84 valence electrons. The number of ketones is 1. The number of hydrogen-bond acceptors (Lipinski definition) is 1. The topological polar surface area (TPSA) is 37.2 Å². The molecule has 3 nitrogen and oxygen atoms in total. The van der Waals surface area contributed by atoms with Crippen molar-refractivity contribution in [3.8, 4) is 11.1 Å². The average molecular weight is 289 g/mol. The molecule has 0 atom stereocenters. The first-order chi connectivity index (χ1) is 8.11. The van der Waals surface area contributed by atoms with Gasteiger partial charge in [0.2, 0.25) is 0 Å². The SMILES string of the molecule is [C-]#[N+]c1ccc(-c2cc(C(C)=O)[nH]c2Br)cc1. The first-order valence-corrected chi connectivity index (χ1v) is 5.78. The van der Waals surface area contributed by atoms with Crippen LogP contribution in [0.2, 0.25) is 0 Å². The van der Waals surface area contributed by atoms with Gasteiger partial charge in [-0.25, -0.2) is 4.85 Å². The van der Waals surface area contributed by atoms with Crippen LogP contribution in [0.25, 0.3) is 16.0 Å². The fourth-order valence-corrected chi connectivity index (χ4v) is 2.10. The van der Waals surface area contributed by atoms with Gasteiger partial charge in [-0.3, -0.25) is 4.79 Å². The Labute approximate surface area is 107 Å². The van der Waals surface area contributed by atoms with Gasteiger partial charge in [-0.15, -0.1) is 0 Å². The molecule has 0 aliphatic carbocycles. The van der Waals surface area contributed by atoms with Crippen LogP contribution >= 0.6 is 15.9 Å². The van der Waals surface area contributed by atoms with Crippen LogP contribution in [-0.4, -0.2) is 10.8 Å². The molecule has 1 aromatic heterocycles. The Hall–Kier alpha value is -1.86. The average Bonchev–Trinajstić information content (AvgIpc) is 2.72. The summed E-state index contributed by atoms with van der Waals surface area (Å²) < 4.78 is 0.776. The zero-order valence-electron chi connectivity index (χ0n) is 9.12. The number of rotatable bonds is 2. The van der Waals surface area contributed by atoms with Crippen LogP contribution < -0.4 is 0 Å². The minimum absolute atomic E-state index is 0.00488. The summed E-state index contributed by atoms with van der Waals surface area (Å²) >= 11 is 3.39. The minimum atomic E-state index is -0.00488. The van der Waals surface area contributed by atoms with Crippen molar-refractivity contribution in [3.05, 3.63) is 52.0 Å². The van der Waals surface area contributed by atoms with Crippen molar-refractivity contribution < 1.29 is 4.79 Å². The van der Waals surface area contributed by atoms with Crippen LogP contribution in [0, 0.1) is 6.57 Å². The number of aromatic nitrogens is 1. The smallest absolute Gasteiger partial charge is 0.187 e. The molecule has 0 spiro atoms. The number of halogens is 1.